The van der Waals surface area contributed by atoms with E-state index in [1.54, 1.807) is 12.1 Å². The number of rotatable bonds is 8. The van der Waals surface area contributed by atoms with Gasteiger partial charge in [0.1, 0.15) is 6.92 Å². The molecule has 0 spiro atoms. The number of thiocarbonyl (C=S) groups is 1. The number of quaternary nitrogens is 1. The van der Waals surface area contributed by atoms with Crippen LogP contribution in [0.4, 0.5) is 5.69 Å². The van der Waals surface area contributed by atoms with Crippen LogP contribution in [0.5, 0.6) is 0 Å². The first-order valence-electron chi connectivity index (χ1n) is 12.3. The second-order valence-corrected chi connectivity index (χ2v) is 11.8. The van der Waals surface area contributed by atoms with Gasteiger partial charge < -0.3 is 10.6 Å². The topological polar surface area (TPSA) is 92.0 Å². The van der Waals surface area contributed by atoms with Crippen LogP contribution >= 0.6 is 12.2 Å². The smallest absolute Gasteiger partial charge is 0.362 e. The number of aromatic nitrogens is 2. The number of hydrogen-bond acceptors (Lipinski definition) is 3. The van der Waals surface area contributed by atoms with Crippen molar-refractivity contribution in [1.29, 1.82) is 0 Å². The van der Waals surface area contributed by atoms with Crippen LogP contribution in [0.3, 0.4) is 0 Å². The molecule has 2 aromatic heterocycles. The van der Waals surface area contributed by atoms with Gasteiger partial charge >= 0.3 is 5.79 Å². The Balaban J connectivity index is 1.13. The number of hydrogen-bond donors (Lipinski definition) is 3. The van der Waals surface area contributed by atoms with Gasteiger partial charge in [-0.2, -0.15) is 4.48 Å². The molecule has 0 saturated heterocycles. The third kappa shape index (κ3) is 4.39. The SMILES string of the molecule is CC12[n+]3ccccc3C[N+]1(CCCCCNC(=S)Nc1ccc(S(N)(=O)=O)cc1)Cc1cccc[n+]12. The van der Waals surface area contributed by atoms with Crippen molar-refractivity contribution in [2.24, 2.45) is 5.14 Å². The van der Waals surface area contributed by atoms with Gasteiger partial charge in [0.25, 0.3) is 0 Å². The maximum absolute atomic E-state index is 11.4. The van der Waals surface area contributed by atoms with Gasteiger partial charge in [0.2, 0.25) is 21.4 Å². The Kier molecular flexibility index (Phi) is 6.54. The van der Waals surface area contributed by atoms with E-state index >= 15 is 0 Å². The highest BCUT2D eigenvalue weighted by atomic mass is 32.2. The summed E-state index contributed by atoms with van der Waals surface area (Å²) in [5, 5.41) is 12.0. The highest BCUT2D eigenvalue weighted by Crippen LogP contribution is 2.38. The van der Waals surface area contributed by atoms with Crippen molar-refractivity contribution in [3.63, 3.8) is 0 Å². The van der Waals surface area contributed by atoms with Gasteiger partial charge in [-0.25, -0.2) is 13.6 Å². The van der Waals surface area contributed by atoms with Crippen molar-refractivity contribution < 1.29 is 22.0 Å². The number of nitrogens with two attached hydrogens (primary N) is 1. The summed E-state index contributed by atoms with van der Waals surface area (Å²) < 4.78 is 28.7. The molecule has 2 aliphatic heterocycles. The monoisotopic (exact) mass is 525 g/mol. The summed E-state index contributed by atoms with van der Waals surface area (Å²) in [6.07, 6.45) is 7.71. The van der Waals surface area contributed by atoms with Gasteiger partial charge in [-0.05, 0) is 67.9 Å². The second-order valence-electron chi connectivity index (χ2n) is 9.79. The van der Waals surface area contributed by atoms with Gasteiger partial charge in [0.15, 0.2) is 30.6 Å². The highest BCUT2D eigenvalue weighted by molar-refractivity contribution is 7.89. The van der Waals surface area contributed by atoms with Crippen molar-refractivity contribution in [3.8, 4) is 0 Å². The first kappa shape index (κ1) is 24.8. The quantitative estimate of drug-likeness (QED) is 0.181. The Bertz CT molecular complexity index is 1340. The Morgan fingerprint density at radius 2 is 1.58 bits per heavy atom. The molecule has 1 aromatic carbocycles. The van der Waals surface area contributed by atoms with Crippen LogP contribution in [-0.2, 0) is 28.9 Å². The zero-order valence-electron chi connectivity index (χ0n) is 20.4. The minimum atomic E-state index is -3.70. The molecule has 0 unspecified atom stereocenters. The molecule has 0 radical (unpaired) electrons. The predicted molar refractivity (Wildman–Crippen MR) is 141 cm³/mol. The Morgan fingerprint density at radius 1 is 0.972 bits per heavy atom. The second kappa shape index (κ2) is 9.51. The van der Waals surface area contributed by atoms with Crippen molar-refractivity contribution in [3.05, 3.63) is 84.4 Å². The van der Waals surface area contributed by atoms with Crippen molar-refractivity contribution >= 4 is 33.0 Å². The normalized spacial score (nSPS) is 21.9. The number of nitrogens with zero attached hydrogens (tertiary/aromatic N) is 3. The van der Waals surface area contributed by atoms with E-state index < -0.39 is 10.0 Å². The molecule has 0 aliphatic carbocycles. The minimum absolute atomic E-state index is 0.0772. The lowest BCUT2D eigenvalue weighted by molar-refractivity contribution is -1.20. The van der Waals surface area contributed by atoms with Crippen molar-refractivity contribution in [2.75, 3.05) is 18.4 Å². The molecule has 0 atom stereocenters. The van der Waals surface area contributed by atoms with E-state index in [2.05, 4.69) is 75.5 Å². The van der Waals surface area contributed by atoms with Crippen LogP contribution < -0.4 is 24.9 Å². The summed E-state index contributed by atoms with van der Waals surface area (Å²) in [5.74, 6) is -0.143. The van der Waals surface area contributed by atoms with Crippen molar-refractivity contribution in [2.45, 2.75) is 50.0 Å². The number of benzene rings is 1. The number of anilines is 1. The van der Waals surface area contributed by atoms with Gasteiger partial charge in [-0.15, -0.1) is 0 Å². The number of nitrogens with one attached hydrogen (secondary N) is 2. The van der Waals surface area contributed by atoms with E-state index in [0.717, 1.165) is 49.9 Å². The molecule has 2 aliphatic rings. The van der Waals surface area contributed by atoms with E-state index in [-0.39, 0.29) is 10.7 Å². The third-order valence-electron chi connectivity index (χ3n) is 7.62. The van der Waals surface area contributed by atoms with Gasteiger partial charge in [0.05, 0.1) is 11.4 Å². The Labute approximate surface area is 218 Å². The van der Waals surface area contributed by atoms with E-state index in [9.17, 15) is 8.42 Å². The van der Waals surface area contributed by atoms with Crippen LogP contribution in [0, 0.1) is 0 Å². The van der Waals surface area contributed by atoms with Crippen LogP contribution in [-0.4, -0.2) is 31.1 Å². The molecule has 4 heterocycles. The van der Waals surface area contributed by atoms with Crippen LogP contribution in [0.1, 0.15) is 37.6 Å². The van der Waals surface area contributed by atoms with Crippen molar-refractivity contribution in [1.82, 2.24) is 5.32 Å². The van der Waals surface area contributed by atoms with Gasteiger partial charge in [-0.1, -0.05) is 9.13 Å². The Morgan fingerprint density at radius 3 is 2.17 bits per heavy atom. The molecule has 188 valence electrons. The number of fused-ring (bicyclic) bond motifs is 5. The zero-order valence-corrected chi connectivity index (χ0v) is 22.1. The van der Waals surface area contributed by atoms with Gasteiger partial charge in [-0.3, -0.25) is 0 Å². The van der Waals surface area contributed by atoms with E-state index in [1.807, 2.05) is 0 Å². The summed E-state index contributed by atoms with van der Waals surface area (Å²) >= 11 is 5.39. The molecule has 0 amide bonds. The summed E-state index contributed by atoms with van der Waals surface area (Å²) in [6.45, 7) is 6.34. The summed E-state index contributed by atoms with van der Waals surface area (Å²) in [4.78, 5) is 0.0772. The fourth-order valence-corrected chi connectivity index (χ4v) is 6.52. The van der Waals surface area contributed by atoms with Crippen LogP contribution in [0.2, 0.25) is 0 Å². The number of unbranched alkanes of at least 4 members (excludes halogenated alkanes) is 2. The first-order valence-corrected chi connectivity index (χ1v) is 14.2. The largest absolute Gasteiger partial charge is 0.489 e. The molecule has 10 heteroatoms. The maximum Gasteiger partial charge on any atom is 0.489 e. The standard InChI is InChI=1S/C26H32N6O2S2/c1-26-30-16-6-3-9-22(30)19-32(26,20-23-10-4-7-17-31(23)26)18-8-2-5-15-28-25(35)29-21-11-13-24(14-12-21)36(27,33)34/h3-4,6-7,9-14,16-17H,2,5,8,15,18-20H2,1H3,(H3-,27,28,29,33,34,35)/q+2/p+1. The zero-order chi connectivity index (χ0) is 25.4. The maximum atomic E-state index is 11.4. The van der Waals surface area contributed by atoms with E-state index in [0.29, 0.717) is 10.8 Å². The predicted octanol–water partition coefficient (Wildman–Crippen LogP) is 2.09. The summed E-state index contributed by atoms with van der Waals surface area (Å²) in [7, 11) is -3.70. The molecular weight excluding hydrogens is 492 g/mol. The number of sulfonamides is 1. The summed E-state index contributed by atoms with van der Waals surface area (Å²) in [6, 6.07) is 19.3. The molecule has 0 saturated carbocycles. The highest BCUT2D eigenvalue weighted by Gasteiger charge is 2.74. The molecule has 8 nitrogen and oxygen atoms in total. The lowest BCUT2D eigenvalue weighted by Gasteiger charge is -2.30. The molecule has 0 fully saturated rings. The average Bonchev–Trinajstić information content (AvgIpc) is 3.24. The first-order chi connectivity index (χ1) is 17.2. The molecule has 3 aromatic rings. The fraction of sp³-hybridized carbons (Fsp3) is 0.346. The Hall–Kier alpha value is -2.92. The number of primary sulfonamides is 1. The van der Waals surface area contributed by atoms with E-state index in [1.165, 1.54) is 23.5 Å². The van der Waals surface area contributed by atoms with Gasteiger partial charge in [0, 0.05) is 36.5 Å². The van der Waals surface area contributed by atoms with Crippen LogP contribution in [0.15, 0.2) is 78.0 Å². The molecule has 4 N–H and O–H groups in total. The lowest BCUT2D eigenvalue weighted by atomic mass is 10.1. The molecule has 5 rings (SSSR count). The minimum Gasteiger partial charge on any atom is -0.362 e. The third-order valence-corrected chi connectivity index (χ3v) is 8.79. The average molecular weight is 526 g/mol. The lowest BCUT2D eigenvalue weighted by Crippen LogP contribution is -2.77. The fourth-order valence-electron chi connectivity index (χ4n) is 5.78. The molecule has 0 bridgehead atoms. The molecular formula is C26H33N6O2S2+3. The van der Waals surface area contributed by atoms with E-state index in [4.69, 9.17) is 17.4 Å². The van der Waals surface area contributed by atoms with Crippen LogP contribution in [0.25, 0.3) is 0 Å². The summed E-state index contributed by atoms with van der Waals surface area (Å²) in [5.41, 5.74) is 3.49. The molecule has 36 heavy (non-hydrogen) atoms. The number of pyridine rings is 2.